The third-order valence-electron chi connectivity index (χ3n) is 1.76. The van der Waals surface area contributed by atoms with Crippen molar-refractivity contribution in [3.05, 3.63) is 33.5 Å². The molecule has 0 saturated heterocycles. The molecular weight excluding hydrogens is 221 g/mol. The van der Waals surface area contributed by atoms with E-state index in [4.69, 9.17) is 5.73 Å². The highest BCUT2D eigenvalue weighted by Crippen LogP contribution is 2.23. The monoisotopic (exact) mass is 231 g/mol. The quantitative estimate of drug-likeness (QED) is 0.791. The summed E-state index contributed by atoms with van der Waals surface area (Å²) in [4.78, 5) is 0. The first-order chi connectivity index (χ1) is 5.52. The summed E-state index contributed by atoms with van der Waals surface area (Å²) in [6.07, 6.45) is 0. The predicted molar refractivity (Wildman–Crippen MR) is 51.4 cm³/mol. The number of nitrogens with two attached hydrogens (primary N) is 1. The van der Waals surface area contributed by atoms with Crippen molar-refractivity contribution in [3.63, 3.8) is 0 Å². The molecule has 0 saturated carbocycles. The Morgan fingerprint density at radius 3 is 2.50 bits per heavy atom. The normalized spacial score (nSPS) is 13.1. The lowest BCUT2D eigenvalue weighted by Crippen LogP contribution is -2.05. The van der Waals surface area contributed by atoms with Gasteiger partial charge in [-0.15, -0.1) is 0 Å². The standard InChI is InChI=1S/C9H11BrFN/c1-5-3-7(6(2)12)4-8(11)9(5)10/h3-4,6H,12H2,1-2H3. The number of hydrogen-bond donors (Lipinski definition) is 1. The number of aryl methyl sites for hydroxylation is 1. The molecule has 1 aromatic carbocycles. The van der Waals surface area contributed by atoms with E-state index in [1.165, 1.54) is 6.07 Å². The fourth-order valence-electron chi connectivity index (χ4n) is 1.02. The van der Waals surface area contributed by atoms with Crippen LogP contribution in [0.25, 0.3) is 0 Å². The van der Waals surface area contributed by atoms with Crippen LogP contribution in [0.1, 0.15) is 24.1 Å². The smallest absolute Gasteiger partial charge is 0.137 e. The zero-order valence-electron chi connectivity index (χ0n) is 7.07. The molecule has 0 aliphatic carbocycles. The van der Waals surface area contributed by atoms with Crippen molar-refractivity contribution in [2.24, 2.45) is 5.73 Å². The van der Waals surface area contributed by atoms with E-state index in [1.807, 2.05) is 19.9 Å². The first kappa shape index (κ1) is 9.68. The molecule has 0 aliphatic heterocycles. The molecule has 1 unspecified atom stereocenters. The van der Waals surface area contributed by atoms with Gasteiger partial charge in [-0.1, -0.05) is 6.07 Å². The molecule has 1 nitrogen and oxygen atoms in total. The van der Waals surface area contributed by atoms with Crippen molar-refractivity contribution in [3.8, 4) is 0 Å². The van der Waals surface area contributed by atoms with Crippen LogP contribution < -0.4 is 5.73 Å². The Bertz CT molecular complexity index is 274. The molecular formula is C9H11BrFN. The van der Waals surface area contributed by atoms with Crippen LogP contribution in [0.2, 0.25) is 0 Å². The summed E-state index contributed by atoms with van der Waals surface area (Å²) in [5.74, 6) is -0.248. The van der Waals surface area contributed by atoms with Crippen LogP contribution in [-0.4, -0.2) is 0 Å². The zero-order chi connectivity index (χ0) is 9.30. The van der Waals surface area contributed by atoms with Crippen LogP contribution in [0, 0.1) is 12.7 Å². The van der Waals surface area contributed by atoms with Gasteiger partial charge in [0.15, 0.2) is 0 Å². The molecule has 0 fully saturated rings. The molecule has 0 bridgehead atoms. The lowest BCUT2D eigenvalue weighted by atomic mass is 10.1. The van der Waals surface area contributed by atoms with E-state index in [2.05, 4.69) is 15.9 Å². The average Bonchev–Trinajstić information content (AvgIpc) is 1.99. The molecule has 66 valence electrons. The average molecular weight is 232 g/mol. The van der Waals surface area contributed by atoms with E-state index in [-0.39, 0.29) is 11.9 Å². The molecule has 1 rings (SSSR count). The number of halogens is 2. The van der Waals surface area contributed by atoms with Gasteiger partial charge in [0, 0.05) is 6.04 Å². The van der Waals surface area contributed by atoms with E-state index < -0.39 is 0 Å². The fourth-order valence-corrected chi connectivity index (χ4v) is 1.24. The SMILES string of the molecule is Cc1cc(C(C)N)cc(F)c1Br. The highest BCUT2D eigenvalue weighted by atomic mass is 79.9. The van der Waals surface area contributed by atoms with Gasteiger partial charge in [-0.2, -0.15) is 0 Å². The summed E-state index contributed by atoms with van der Waals surface area (Å²) in [7, 11) is 0. The first-order valence-electron chi connectivity index (χ1n) is 3.73. The van der Waals surface area contributed by atoms with E-state index in [0.717, 1.165) is 11.1 Å². The maximum atomic E-state index is 13.1. The summed E-state index contributed by atoms with van der Waals surface area (Å²) in [5, 5.41) is 0. The molecule has 0 amide bonds. The molecule has 1 aromatic rings. The third-order valence-corrected chi connectivity index (χ3v) is 2.76. The summed E-state index contributed by atoms with van der Waals surface area (Å²) < 4.78 is 13.6. The molecule has 12 heavy (non-hydrogen) atoms. The van der Waals surface area contributed by atoms with Crippen LogP contribution in [0.5, 0.6) is 0 Å². The zero-order valence-corrected chi connectivity index (χ0v) is 8.65. The minimum Gasteiger partial charge on any atom is -0.324 e. The van der Waals surface area contributed by atoms with Gasteiger partial charge in [0.1, 0.15) is 5.82 Å². The Morgan fingerprint density at radius 2 is 2.08 bits per heavy atom. The predicted octanol–water partition coefficient (Wildman–Crippen LogP) is 2.92. The number of rotatable bonds is 1. The maximum Gasteiger partial charge on any atom is 0.137 e. The lowest BCUT2D eigenvalue weighted by molar-refractivity contribution is 0.614. The highest BCUT2D eigenvalue weighted by Gasteiger charge is 2.07. The van der Waals surface area contributed by atoms with Gasteiger partial charge < -0.3 is 5.73 Å². The van der Waals surface area contributed by atoms with E-state index in [1.54, 1.807) is 0 Å². The number of hydrogen-bond acceptors (Lipinski definition) is 1. The summed E-state index contributed by atoms with van der Waals surface area (Å²) in [6, 6.07) is 3.23. The highest BCUT2D eigenvalue weighted by molar-refractivity contribution is 9.10. The van der Waals surface area contributed by atoms with Crippen molar-refractivity contribution in [1.29, 1.82) is 0 Å². The fraction of sp³-hybridized carbons (Fsp3) is 0.333. The Hall–Kier alpha value is -0.410. The largest absolute Gasteiger partial charge is 0.324 e. The Balaban J connectivity index is 3.21. The van der Waals surface area contributed by atoms with E-state index in [9.17, 15) is 4.39 Å². The Kier molecular flexibility index (Phi) is 2.85. The van der Waals surface area contributed by atoms with Crippen molar-refractivity contribution < 1.29 is 4.39 Å². The van der Waals surface area contributed by atoms with Gasteiger partial charge in [0.05, 0.1) is 4.47 Å². The molecule has 0 spiro atoms. The topological polar surface area (TPSA) is 26.0 Å². The molecule has 0 aromatic heterocycles. The van der Waals surface area contributed by atoms with Crippen LogP contribution in [0.3, 0.4) is 0 Å². The van der Waals surface area contributed by atoms with Gasteiger partial charge >= 0.3 is 0 Å². The second kappa shape index (κ2) is 3.54. The maximum absolute atomic E-state index is 13.1. The second-order valence-electron chi connectivity index (χ2n) is 2.92. The van der Waals surface area contributed by atoms with Crippen LogP contribution in [0.4, 0.5) is 4.39 Å². The second-order valence-corrected chi connectivity index (χ2v) is 3.72. The summed E-state index contributed by atoms with van der Waals surface area (Å²) >= 11 is 3.15. The van der Waals surface area contributed by atoms with Crippen molar-refractivity contribution in [2.75, 3.05) is 0 Å². The Labute approximate surface area is 79.9 Å². The van der Waals surface area contributed by atoms with Gasteiger partial charge in [-0.25, -0.2) is 4.39 Å². The Morgan fingerprint density at radius 1 is 1.50 bits per heavy atom. The lowest BCUT2D eigenvalue weighted by Gasteiger charge is -2.08. The molecule has 2 N–H and O–H groups in total. The van der Waals surface area contributed by atoms with Crippen LogP contribution >= 0.6 is 15.9 Å². The van der Waals surface area contributed by atoms with Crippen molar-refractivity contribution >= 4 is 15.9 Å². The number of benzene rings is 1. The van der Waals surface area contributed by atoms with Crippen LogP contribution in [-0.2, 0) is 0 Å². The van der Waals surface area contributed by atoms with Gasteiger partial charge in [-0.3, -0.25) is 0 Å². The van der Waals surface area contributed by atoms with Gasteiger partial charge in [0.2, 0.25) is 0 Å². The molecule has 0 heterocycles. The minimum absolute atomic E-state index is 0.119. The van der Waals surface area contributed by atoms with E-state index in [0.29, 0.717) is 4.47 Å². The molecule has 1 atom stereocenters. The summed E-state index contributed by atoms with van der Waals surface area (Å²) in [6.45, 7) is 3.68. The minimum atomic E-state index is -0.248. The summed E-state index contributed by atoms with van der Waals surface area (Å²) in [5.41, 5.74) is 7.32. The molecule has 3 heteroatoms. The van der Waals surface area contributed by atoms with Gasteiger partial charge in [-0.05, 0) is 47.0 Å². The van der Waals surface area contributed by atoms with Crippen molar-refractivity contribution in [2.45, 2.75) is 19.9 Å². The van der Waals surface area contributed by atoms with Crippen molar-refractivity contribution in [1.82, 2.24) is 0 Å². The third kappa shape index (κ3) is 1.84. The molecule has 0 radical (unpaired) electrons. The molecule has 0 aliphatic rings. The first-order valence-corrected chi connectivity index (χ1v) is 4.53. The van der Waals surface area contributed by atoms with Gasteiger partial charge in [0.25, 0.3) is 0 Å². The van der Waals surface area contributed by atoms with Crippen LogP contribution in [0.15, 0.2) is 16.6 Å². The van der Waals surface area contributed by atoms with E-state index >= 15 is 0 Å².